The predicted octanol–water partition coefficient (Wildman–Crippen LogP) is 4.21. The van der Waals surface area contributed by atoms with Gasteiger partial charge in [-0.2, -0.15) is 0 Å². The van der Waals surface area contributed by atoms with E-state index in [4.69, 9.17) is 0 Å². The molecule has 2 heteroatoms. The van der Waals surface area contributed by atoms with Crippen LogP contribution in [0.15, 0.2) is 42.0 Å². The minimum Gasteiger partial charge on any atom is -0.376 e. The molecule has 1 aromatic rings. The Morgan fingerprint density at radius 1 is 1.29 bits per heavy atom. The van der Waals surface area contributed by atoms with Crippen molar-refractivity contribution in [3.63, 3.8) is 0 Å². The largest absolute Gasteiger partial charge is 0.376 e. The average molecular weight is 231 g/mol. The molecule has 0 saturated heterocycles. The standard InChI is InChI=1S/C15H18FN/c1-11-6-8-15(3,9-7-11)17-13-5-4-12(2)14(16)10-13/h4-8,10,17H,9H2,1-3H3. The first-order chi connectivity index (χ1) is 7.98. The van der Waals surface area contributed by atoms with Crippen LogP contribution in [0.4, 0.5) is 10.1 Å². The van der Waals surface area contributed by atoms with E-state index in [0.717, 1.165) is 12.1 Å². The Hall–Kier alpha value is -1.57. The number of anilines is 1. The van der Waals surface area contributed by atoms with Crippen LogP contribution >= 0.6 is 0 Å². The van der Waals surface area contributed by atoms with Gasteiger partial charge in [0.1, 0.15) is 5.82 Å². The Morgan fingerprint density at radius 3 is 2.65 bits per heavy atom. The molecule has 1 N–H and O–H groups in total. The van der Waals surface area contributed by atoms with Crippen molar-refractivity contribution in [1.82, 2.24) is 0 Å². The minimum atomic E-state index is -0.162. The smallest absolute Gasteiger partial charge is 0.128 e. The van der Waals surface area contributed by atoms with E-state index < -0.39 is 0 Å². The van der Waals surface area contributed by atoms with Crippen LogP contribution < -0.4 is 5.32 Å². The van der Waals surface area contributed by atoms with Crippen molar-refractivity contribution in [1.29, 1.82) is 0 Å². The Balaban J connectivity index is 2.16. The van der Waals surface area contributed by atoms with Gasteiger partial charge in [0.15, 0.2) is 0 Å². The first-order valence-corrected chi connectivity index (χ1v) is 5.89. The van der Waals surface area contributed by atoms with Crippen molar-refractivity contribution in [2.45, 2.75) is 32.7 Å². The van der Waals surface area contributed by atoms with E-state index in [9.17, 15) is 4.39 Å². The van der Waals surface area contributed by atoms with E-state index >= 15 is 0 Å². The summed E-state index contributed by atoms with van der Waals surface area (Å²) in [6.45, 7) is 5.97. The number of allylic oxidation sites excluding steroid dienone is 2. The lowest BCUT2D eigenvalue weighted by molar-refractivity contribution is 0.613. The molecule has 1 aliphatic carbocycles. The van der Waals surface area contributed by atoms with Crippen LogP contribution in [0.3, 0.4) is 0 Å². The minimum absolute atomic E-state index is 0.124. The van der Waals surface area contributed by atoms with Gasteiger partial charge in [0.05, 0.1) is 5.54 Å². The Kier molecular flexibility index (Phi) is 3.05. The zero-order valence-electron chi connectivity index (χ0n) is 10.5. The summed E-state index contributed by atoms with van der Waals surface area (Å²) in [5.41, 5.74) is 2.66. The van der Waals surface area contributed by atoms with Gasteiger partial charge >= 0.3 is 0 Å². The number of aryl methyl sites for hydroxylation is 1. The first-order valence-electron chi connectivity index (χ1n) is 5.89. The summed E-state index contributed by atoms with van der Waals surface area (Å²) < 4.78 is 13.5. The number of hydrogen-bond donors (Lipinski definition) is 1. The summed E-state index contributed by atoms with van der Waals surface area (Å²) in [6.07, 6.45) is 7.35. The fourth-order valence-corrected chi connectivity index (χ4v) is 1.92. The molecule has 90 valence electrons. The van der Waals surface area contributed by atoms with Crippen molar-refractivity contribution in [2.24, 2.45) is 0 Å². The van der Waals surface area contributed by atoms with Crippen molar-refractivity contribution in [3.8, 4) is 0 Å². The van der Waals surface area contributed by atoms with E-state index in [1.165, 1.54) is 5.57 Å². The van der Waals surface area contributed by atoms with Gasteiger partial charge in [0.25, 0.3) is 0 Å². The summed E-state index contributed by atoms with van der Waals surface area (Å²) >= 11 is 0. The number of halogens is 1. The highest BCUT2D eigenvalue weighted by Crippen LogP contribution is 2.26. The number of rotatable bonds is 2. The topological polar surface area (TPSA) is 12.0 Å². The third-order valence-electron chi connectivity index (χ3n) is 3.16. The van der Waals surface area contributed by atoms with Crippen molar-refractivity contribution < 1.29 is 4.39 Å². The Morgan fingerprint density at radius 2 is 2.06 bits per heavy atom. The second-order valence-electron chi connectivity index (χ2n) is 4.99. The highest BCUT2D eigenvalue weighted by molar-refractivity contribution is 5.49. The molecule has 1 atom stereocenters. The number of nitrogens with one attached hydrogen (secondary N) is 1. The summed E-state index contributed by atoms with van der Waals surface area (Å²) in [7, 11) is 0. The first kappa shape index (κ1) is 11.9. The molecule has 0 spiro atoms. The number of hydrogen-bond acceptors (Lipinski definition) is 1. The summed E-state index contributed by atoms with van der Waals surface area (Å²) in [6, 6.07) is 5.27. The van der Waals surface area contributed by atoms with Gasteiger partial charge in [-0.15, -0.1) is 0 Å². The third kappa shape index (κ3) is 2.76. The van der Waals surface area contributed by atoms with E-state index in [1.807, 2.05) is 6.07 Å². The molecule has 0 heterocycles. The fourth-order valence-electron chi connectivity index (χ4n) is 1.92. The summed E-state index contributed by atoms with van der Waals surface area (Å²) in [4.78, 5) is 0. The highest BCUT2D eigenvalue weighted by Gasteiger charge is 2.21. The number of benzene rings is 1. The maximum Gasteiger partial charge on any atom is 0.128 e. The van der Waals surface area contributed by atoms with Gasteiger partial charge in [-0.25, -0.2) is 4.39 Å². The molecule has 1 aliphatic rings. The maximum atomic E-state index is 13.5. The predicted molar refractivity (Wildman–Crippen MR) is 70.7 cm³/mol. The van der Waals surface area contributed by atoms with E-state index in [0.29, 0.717) is 5.56 Å². The normalized spacial score (nSPS) is 23.4. The molecule has 0 aromatic heterocycles. The van der Waals surface area contributed by atoms with Crippen molar-refractivity contribution in [2.75, 3.05) is 5.32 Å². The lowest BCUT2D eigenvalue weighted by Gasteiger charge is -2.30. The van der Waals surface area contributed by atoms with E-state index in [-0.39, 0.29) is 11.4 Å². The maximum absolute atomic E-state index is 13.5. The molecule has 1 unspecified atom stereocenters. The van der Waals surface area contributed by atoms with Gasteiger partial charge in [0.2, 0.25) is 0 Å². The Labute approximate surface area is 102 Å². The lowest BCUT2D eigenvalue weighted by atomic mass is 9.90. The Bertz CT molecular complexity index is 488. The second-order valence-corrected chi connectivity index (χ2v) is 4.99. The monoisotopic (exact) mass is 231 g/mol. The van der Waals surface area contributed by atoms with Gasteiger partial charge in [0, 0.05) is 5.69 Å². The molecule has 0 aliphatic heterocycles. The van der Waals surface area contributed by atoms with E-state index in [1.54, 1.807) is 19.1 Å². The quantitative estimate of drug-likeness (QED) is 0.804. The lowest BCUT2D eigenvalue weighted by Crippen LogP contribution is -2.33. The molecule has 1 nitrogen and oxygen atoms in total. The molecule has 0 bridgehead atoms. The molecule has 2 rings (SSSR count). The molecule has 0 fully saturated rings. The van der Waals surface area contributed by atoms with Crippen LogP contribution in [0.1, 0.15) is 25.8 Å². The van der Waals surface area contributed by atoms with Gasteiger partial charge in [-0.05, 0) is 44.9 Å². The molecular formula is C15H18FN. The molecule has 0 radical (unpaired) electrons. The van der Waals surface area contributed by atoms with Crippen LogP contribution in [0.25, 0.3) is 0 Å². The average Bonchev–Trinajstić information content (AvgIpc) is 2.28. The summed E-state index contributed by atoms with van der Waals surface area (Å²) in [5.74, 6) is -0.162. The van der Waals surface area contributed by atoms with Gasteiger partial charge in [-0.3, -0.25) is 0 Å². The molecular weight excluding hydrogens is 213 g/mol. The van der Waals surface area contributed by atoms with Gasteiger partial charge in [-0.1, -0.05) is 29.9 Å². The molecule has 0 saturated carbocycles. The molecule has 17 heavy (non-hydrogen) atoms. The van der Waals surface area contributed by atoms with Crippen molar-refractivity contribution in [3.05, 3.63) is 53.4 Å². The van der Waals surface area contributed by atoms with E-state index in [2.05, 4.69) is 37.4 Å². The SMILES string of the molecule is CC1=CCC(C)(Nc2ccc(C)c(F)c2)C=C1. The van der Waals surface area contributed by atoms with Crippen LogP contribution in [0, 0.1) is 12.7 Å². The zero-order chi connectivity index (χ0) is 12.5. The van der Waals surface area contributed by atoms with Crippen LogP contribution in [-0.4, -0.2) is 5.54 Å². The zero-order valence-corrected chi connectivity index (χ0v) is 10.5. The van der Waals surface area contributed by atoms with Crippen molar-refractivity contribution >= 4 is 5.69 Å². The molecule has 0 amide bonds. The summed E-state index contributed by atoms with van der Waals surface area (Å²) in [5, 5.41) is 3.37. The van der Waals surface area contributed by atoms with Gasteiger partial charge < -0.3 is 5.32 Å². The highest BCUT2D eigenvalue weighted by atomic mass is 19.1. The van der Waals surface area contributed by atoms with Crippen LogP contribution in [0.2, 0.25) is 0 Å². The third-order valence-corrected chi connectivity index (χ3v) is 3.16. The second kappa shape index (κ2) is 4.36. The fraction of sp³-hybridized carbons (Fsp3) is 0.333. The molecule has 1 aromatic carbocycles. The van der Waals surface area contributed by atoms with Crippen LogP contribution in [0.5, 0.6) is 0 Å². The van der Waals surface area contributed by atoms with Crippen LogP contribution in [-0.2, 0) is 0 Å².